The molecule has 0 aliphatic heterocycles. The summed E-state index contributed by atoms with van der Waals surface area (Å²) in [5.74, 6) is -97.3. The zero-order valence-corrected chi connectivity index (χ0v) is 27.6. The molecule has 0 bridgehead atoms. The van der Waals surface area contributed by atoms with Crippen LogP contribution in [0.4, 0.5) is 141 Å². The zero-order chi connectivity index (χ0) is 48.6. The van der Waals surface area contributed by atoms with E-state index in [1.807, 2.05) is 0 Å². The number of alkyl halides is 30. The van der Waals surface area contributed by atoms with Gasteiger partial charge in [-0.1, -0.05) is 12.8 Å². The van der Waals surface area contributed by atoms with Gasteiger partial charge in [-0.2, -0.15) is 132 Å². The summed E-state index contributed by atoms with van der Waals surface area (Å²) in [7, 11) is 0. The van der Waals surface area contributed by atoms with E-state index in [1.165, 1.54) is 10.6 Å². The SMILES string of the molecule is O=C(NCCCCCCNC(=O)OCC(F)(F)C(F)(F)C(F)(F)C(F)(F)C(F)(F)C(F)(F)C(F)(F)F)OCC(F)(F)C(F)(F)C(F)(F)C(F)(F)C(F)(F)C(F)(F)C(F)(F)F. The van der Waals surface area contributed by atoms with Gasteiger partial charge < -0.3 is 20.1 Å². The van der Waals surface area contributed by atoms with Crippen LogP contribution in [-0.4, -0.2) is 122 Å². The predicted octanol–water partition coefficient (Wildman–Crippen LogP) is 10.7. The van der Waals surface area contributed by atoms with E-state index in [0.717, 1.165) is 0 Å². The number of halogens is 30. The molecule has 0 aliphatic carbocycles. The van der Waals surface area contributed by atoms with E-state index in [-0.39, 0.29) is 12.8 Å². The summed E-state index contributed by atoms with van der Waals surface area (Å²) in [6.45, 7) is -8.60. The Balaban J connectivity index is 5.12. The van der Waals surface area contributed by atoms with Crippen molar-refractivity contribution < 1.29 is 151 Å². The lowest BCUT2D eigenvalue weighted by Gasteiger charge is -2.41. The average Bonchev–Trinajstić information content (AvgIpc) is 3.05. The molecule has 0 spiro atoms. The van der Waals surface area contributed by atoms with Crippen LogP contribution in [0.3, 0.4) is 0 Å². The number of carbonyl (C=O) groups excluding carboxylic acids is 2. The molecule has 60 heavy (non-hydrogen) atoms. The predicted molar refractivity (Wildman–Crippen MR) is 129 cm³/mol. The van der Waals surface area contributed by atoms with E-state index < -0.39 is 135 Å². The molecule has 36 heteroatoms. The lowest BCUT2D eigenvalue weighted by molar-refractivity contribution is -0.453. The van der Waals surface area contributed by atoms with Crippen LogP contribution in [-0.2, 0) is 9.47 Å². The summed E-state index contributed by atoms with van der Waals surface area (Å²) in [6, 6.07) is 0. The van der Waals surface area contributed by atoms with Crippen molar-refractivity contribution >= 4 is 12.2 Å². The molecule has 0 atom stereocenters. The molecular formula is C24H18F30N2O4. The molecule has 0 aromatic heterocycles. The van der Waals surface area contributed by atoms with Crippen LogP contribution in [0.15, 0.2) is 0 Å². The maximum absolute atomic E-state index is 13.7. The first-order valence-corrected chi connectivity index (χ1v) is 14.5. The summed E-state index contributed by atoms with van der Waals surface area (Å²) >= 11 is 0. The number of rotatable bonds is 21. The second-order valence-electron chi connectivity index (χ2n) is 11.6. The van der Waals surface area contributed by atoms with Crippen LogP contribution >= 0.6 is 0 Å². The van der Waals surface area contributed by atoms with Gasteiger partial charge in [0.15, 0.2) is 13.2 Å². The molecule has 6 nitrogen and oxygen atoms in total. The maximum Gasteiger partial charge on any atom is 0.460 e. The monoisotopic (exact) mass is 968 g/mol. The van der Waals surface area contributed by atoms with Gasteiger partial charge in [-0.3, -0.25) is 0 Å². The highest BCUT2D eigenvalue weighted by Crippen LogP contribution is 2.64. The Bertz CT molecular complexity index is 1360. The van der Waals surface area contributed by atoms with E-state index in [0.29, 0.717) is 0 Å². The smallest absolute Gasteiger partial charge is 0.443 e. The number of hydrogen-bond acceptors (Lipinski definition) is 4. The van der Waals surface area contributed by atoms with E-state index in [1.54, 1.807) is 0 Å². The van der Waals surface area contributed by atoms with Crippen molar-refractivity contribution in [2.75, 3.05) is 26.3 Å². The molecule has 0 aliphatic rings. The van der Waals surface area contributed by atoms with Gasteiger partial charge in [0, 0.05) is 13.1 Å². The summed E-state index contributed by atoms with van der Waals surface area (Å²) in [5.41, 5.74) is 0. The highest BCUT2D eigenvalue weighted by atomic mass is 19.4. The van der Waals surface area contributed by atoms with E-state index in [4.69, 9.17) is 0 Å². The summed E-state index contributed by atoms with van der Waals surface area (Å²) < 4.78 is 401. The highest BCUT2D eigenvalue weighted by molar-refractivity contribution is 5.67. The van der Waals surface area contributed by atoms with Gasteiger partial charge in [0.05, 0.1) is 0 Å². The third kappa shape index (κ3) is 9.57. The molecule has 0 aromatic rings. The molecule has 358 valence electrons. The van der Waals surface area contributed by atoms with Gasteiger partial charge in [0.2, 0.25) is 0 Å². The zero-order valence-electron chi connectivity index (χ0n) is 27.6. The minimum Gasteiger partial charge on any atom is -0.443 e. The average molecular weight is 968 g/mol. The third-order valence-electron chi connectivity index (χ3n) is 7.20. The topological polar surface area (TPSA) is 76.7 Å². The van der Waals surface area contributed by atoms with Gasteiger partial charge >= 0.3 is 95.6 Å². The lowest BCUT2D eigenvalue weighted by atomic mass is 9.91. The van der Waals surface area contributed by atoms with E-state index in [9.17, 15) is 141 Å². The molecule has 0 heterocycles. The largest absolute Gasteiger partial charge is 0.460 e. The molecule has 0 rings (SSSR count). The normalized spacial score (nSPS) is 15.5. The molecular weight excluding hydrogens is 950 g/mol. The molecule has 0 unspecified atom stereocenters. The number of nitrogens with one attached hydrogen (secondary N) is 2. The quantitative estimate of drug-likeness (QED) is 0.0888. The second-order valence-corrected chi connectivity index (χ2v) is 11.6. The Hall–Kier alpha value is -3.56. The molecule has 2 N–H and O–H groups in total. The molecule has 2 amide bonds. The number of unbranched alkanes of at least 4 members (excludes halogenated alkanes) is 3. The van der Waals surface area contributed by atoms with Crippen LogP contribution in [0.2, 0.25) is 0 Å². The van der Waals surface area contributed by atoms with Crippen molar-refractivity contribution in [3.05, 3.63) is 0 Å². The minimum atomic E-state index is -8.59. The van der Waals surface area contributed by atoms with Crippen molar-refractivity contribution in [3.8, 4) is 0 Å². The van der Waals surface area contributed by atoms with Crippen molar-refractivity contribution in [1.29, 1.82) is 0 Å². The number of hydrogen-bond donors (Lipinski definition) is 2. The summed E-state index contributed by atoms with van der Waals surface area (Å²) in [4.78, 5) is 22.7. The Labute approximate surface area is 310 Å². The lowest BCUT2D eigenvalue weighted by Crippen LogP contribution is -2.73. The number of ether oxygens (including phenoxy) is 2. The second kappa shape index (κ2) is 17.0. The summed E-state index contributed by atoms with van der Waals surface area (Å²) in [5, 5.41) is 2.72. The first-order chi connectivity index (χ1) is 26.0. The van der Waals surface area contributed by atoms with Gasteiger partial charge in [-0.05, 0) is 12.8 Å². The molecule has 0 saturated carbocycles. The fourth-order valence-corrected chi connectivity index (χ4v) is 3.58. The van der Waals surface area contributed by atoms with Gasteiger partial charge in [0.1, 0.15) is 0 Å². The van der Waals surface area contributed by atoms with Crippen LogP contribution in [0.1, 0.15) is 25.7 Å². The summed E-state index contributed by atoms with van der Waals surface area (Å²) in [6.07, 6.45) is -21.7. The first kappa shape index (κ1) is 56.4. The van der Waals surface area contributed by atoms with Gasteiger partial charge in [-0.15, -0.1) is 0 Å². The number of alkyl carbamates (subject to hydrolysis) is 2. The Morgan fingerprint density at radius 1 is 0.300 bits per heavy atom. The van der Waals surface area contributed by atoms with Crippen LogP contribution in [0, 0.1) is 0 Å². The third-order valence-corrected chi connectivity index (χ3v) is 7.20. The van der Waals surface area contributed by atoms with Crippen LogP contribution in [0.5, 0.6) is 0 Å². The van der Waals surface area contributed by atoms with Gasteiger partial charge in [-0.25, -0.2) is 9.59 Å². The maximum atomic E-state index is 13.7. The fraction of sp³-hybridized carbons (Fsp3) is 0.917. The number of amides is 2. The van der Waals surface area contributed by atoms with Gasteiger partial charge in [0.25, 0.3) is 0 Å². The molecule has 0 saturated heterocycles. The Morgan fingerprint density at radius 2 is 0.500 bits per heavy atom. The fourth-order valence-electron chi connectivity index (χ4n) is 3.58. The van der Waals surface area contributed by atoms with Crippen molar-refractivity contribution in [2.24, 2.45) is 0 Å². The van der Waals surface area contributed by atoms with Crippen LogP contribution in [0.25, 0.3) is 0 Å². The molecule has 0 fully saturated rings. The minimum absolute atomic E-state index is 0.269. The van der Waals surface area contributed by atoms with Crippen molar-refractivity contribution in [2.45, 2.75) is 109 Å². The molecule has 0 radical (unpaired) electrons. The van der Waals surface area contributed by atoms with E-state index in [2.05, 4.69) is 9.47 Å². The Kier molecular flexibility index (Phi) is 15.9. The van der Waals surface area contributed by atoms with E-state index >= 15 is 0 Å². The standard InChI is InChI=1S/C24H18F30N2O4/c25-11(26,13(29,30)15(33,34)17(37,38)19(41,42)21(45,46)23(49,50)51)7-59-9(57)55-5-3-1-2-4-6-56-10(58)60-8-12(27,28)14(31,32)16(35,36)18(39,40)20(43,44)22(47,48)24(52,53)54/h1-8H2,(H,55,57)(H,56,58). The highest BCUT2D eigenvalue weighted by Gasteiger charge is 2.95. The van der Waals surface area contributed by atoms with Crippen LogP contribution < -0.4 is 10.6 Å². The molecule has 0 aromatic carbocycles. The first-order valence-electron chi connectivity index (χ1n) is 14.5. The Morgan fingerprint density at radius 3 is 0.717 bits per heavy atom. The van der Waals surface area contributed by atoms with Crippen molar-refractivity contribution in [3.63, 3.8) is 0 Å². The number of carbonyl (C=O) groups is 2. The van der Waals surface area contributed by atoms with Crippen molar-refractivity contribution in [1.82, 2.24) is 10.6 Å².